The van der Waals surface area contributed by atoms with E-state index in [2.05, 4.69) is 103 Å². The van der Waals surface area contributed by atoms with Crippen molar-refractivity contribution in [3.63, 3.8) is 0 Å². The average molecular weight is 375 g/mol. The number of benzene rings is 4. The Hall–Kier alpha value is -3.12. The zero-order valence-corrected chi connectivity index (χ0v) is 16.7. The van der Waals surface area contributed by atoms with Crippen molar-refractivity contribution < 1.29 is 0 Å². The highest BCUT2D eigenvalue weighted by molar-refractivity contribution is 5.89. The minimum Gasteiger partial charge on any atom is -0.0622 e. The van der Waals surface area contributed by atoms with E-state index in [-0.39, 0.29) is 0 Å². The molecule has 5 rings (SSSR count). The van der Waals surface area contributed by atoms with Gasteiger partial charge in [0.2, 0.25) is 0 Å². The predicted octanol–water partition coefficient (Wildman–Crippen LogP) is 8.35. The molecular weight excluding hydrogens is 348 g/mol. The van der Waals surface area contributed by atoms with Gasteiger partial charge < -0.3 is 0 Å². The largest absolute Gasteiger partial charge is 0.0622 e. The first-order valence-electron chi connectivity index (χ1n) is 10.7. The maximum absolute atomic E-state index is 2.47. The Kier molecular flexibility index (Phi) is 5.01. The Labute approximate surface area is 173 Å². The summed E-state index contributed by atoms with van der Waals surface area (Å²) in [5.74, 6) is 0.649. The van der Waals surface area contributed by atoms with Crippen molar-refractivity contribution in [3.05, 3.63) is 109 Å². The van der Waals surface area contributed by atoms with Crippen molar-refractivity contribution >= 4 is 0 Å². The van der Waals surface area contributed by atoms with Gasteiger partial charge in [0.15, 0.2) is 0 Å². The second kappa shape index (κ2) is 8.09. The van der Waals surface area contributed by atoms with Crippen LogP contribution in [0, 0.1) is 0 Å². The molecule has 0 nitrogen and oxygen atoms in total. The quantitative estimate of drug-likeness (QED) is 0.337. The third kappa shape index (κ3) is 3.63. The van der Waals surface area contributed by atoms with E-state index in [1.165, 1.54) is 64.6 Å². The molecule has 0 saturated heterocycles. The molecule has 0 spiro atoms. The fraction of sp³-hybridized carbons (Fsp3) is 0.172. The van der Waals surface area contributed by atoms with Crippen LogP contribution in [0.4, 0.5) is 0 Å². The molecule has 1 saturated carbocycles. The molecule has 0 unspecified atom stereocenters. The lowest BCUT2D eigenvalue weighted by molar-refractivity contribution is 0.725. The van der Waals surface area contributed by atoms with Crippen molar-refractivity contribution in [3.8, 4) is 33.4 Å². The molecule has 4 aromatic rings. The summed E-state index contributed by atoms with van der Waals surface area (Å²) in [5, 5.41) is 0. The molecule has 0 heteroatoms. The highest BCUT2D eigenvalue weighted by Gasteiger charge is 2.24. The summed E-state index contributed by atoms with van der Waals surface area (Å²) < 4.78 is 0. The minimum absolute atomic E-state index is 0.649. The van der Waals surface area contributed by atoms with Crippen LogP contribution in [-0.2, 0) is 0 Å². The molecule has 4 aromatic carbocycles. The van der Waals surface area contributed by atoms with Gasteiger partial charge in [-0.15, -0.1) is 0 Å². The Morgan fingerprint density at radius 1 is 0.483 bits per heavy atom. The van der Waals surface area contributed by atoms with Crippen LogP contribution in [0.5, 0.6) is 0 Å². The van der Waals surface area contributed by atoms with Crippen molar-refractivity contribution in [2.75, 3.05) is 0 Å². The van der Waals surface area contributed by atoms with E-state index in [1.807, 2.05) is 0 Å². The Morgan fingerprint density at radius 3 is 1.59 bits per heavy atom. The van der Waals surface area contributed by atoms with Gasteiger partial charge in [-0.05, 0) is 63.8 Å². The number of hydrogen-bond donors (Lipinski definition) is 0. The Balaban J connectivity index is 1.81. The van der Waals surface area contributed by atoms with Crippen LogP contribution in [0.15, 0.2) is 103 Å². The average Bonchev–Trinajstić information content (AvgIpc) is 3.35. The zero-order chi connectivity index (χ0) is 19.5. The van der Waals surface area contributed by atoms with Crippen LogP contribution in [0.25, 0.3) is 33.4 Å². The van der Waals surface area contributed by atoms with Crippen LogP contribution in [0.3, 0.4) is 0 Å². The monoisotopic (exact) mass is 374 g/mol. The molecule has 0 atom stereocenters. The molecule has 142 valence electrons. The SMILES string of the molecule is c1ccc(-c2cc(-c3ccccc3)c(-c3ccccc3)c(C3CCCC3)c2)cc1. The fourth-order valence-electron chi connectivity index (χ4n) is 4.79. The van der Waals surface area contributed by atoms with Gasteiger partial charge in [-0.1, -0.05) is 110 Å². The van der Waals surface area contributed by atoms with E-state index in [9.17, 15) is 0 Å². The van der Waals surface area contributed by atoms with Gasteiger partial charge in [-0.25, -0.2) is 0 Å². The standard InChI is InChI=1S/C29H26/c1-4-12-22(13-5-1)26-20-27(23-14-6-2-7-15-23)29(25-18-8-3-9-19-25)28(21-26)24-16-10-11-17-24/h1-9,12-15,18-21,24H,10-11,16-17H2. The third-order valence-electron chi connectivity index (χ3n) is 6.22. The molecular formula is C29H26. The first kappa shape index (κ1) is 17.9. The Bertz CT molecular complexity index is 1070. The van der Waals surface area contributed by atoms with E-state index in [1.54, 1.807) is 0 Å². The van der Waals surface area contributed by atoms with Crippen LogP contribution >= 0.6 is 0 Å². The molecule has 29 heavy (non-hydrogen) atoms. The normalized spacial score (nSPS) is 14.2. The first-order chi connectivity index (χ1) is 14.4. The minimum atomic E-state index is 0.649. The van der Waals surface area contributed by atoms with Gasteiger partial charge in [-0.2, -0.15) is 0 Å². The van der Waals surface area contributed by atoms with E-state index in [0.717, 1.165) is 0 Å². The van der Waals surface area contributed by atoms with Crippen molar-refractivity contribution in [1.29, 1.82) is 0 Å². The van der Waals surface area contributed by atoms with Gasteiger partial charge >= 0.3 is 0 Å². The molecule has 0 radical (unpaired) electrons. The molecule has 0 aliphatic heterocycles. The summed E-state index contributed by atoms with van der Waals surface area (Å²) in [5.41, 5.74) is 9.53. The smallest absolute Gasteiger partial charge is 0.00701 e. The summed E-state index contributed by atoms with van der Waals surface area (Å²) >= 11 is 0. The van der Waals surface area contributed by atoms with Gasteiger partial charge in [0, 0.05) is 0 Å². The van der Waals surface area contributed by atoms with Gasteiger partial charge in [0.1, 0.15) is 0 Å². The van der Waals surface area contributed by atoms with E-state index < -0.39 is 0 Å². The maximum Gasteiger partial charge on any atom is -0.00701 e. The topological polar surface area (TPSA) is 0 Å². The second-order valence-corrected chi connectivity index (χ2v) is 8.07. The van der Waals surface area contributed by atoms with Crippen LogP contribution < -0.4 is 0 Å². The van der Waals surface area contributed by atoms with Gasteiger partial charge in [0.05, 0.1) is 0 Å². The zero-order valence-electron chi connectivity index (χ0n) is 16.7. The van der Waals surface area contributed by atoms with Gasteiger partial charge in [0.25, 0.3) is 0 Å². The number of hydrogen-bond acceptors (Lipinski definition) is 0. The van der Waals surface area contributed by atoms with Crippen LogP contribution in [0.2, 0.25) is 0 Å². The van der Waals surface area contributed by atoms with Crippen LogP contribution in [-0.4, -0.2) is 0 Å². The van der Waals surface area contributed by atoms with Crippen LogP contribution in [0.1, 0.15) is 37.2 Å². The molecule has 0 N–H and O–H groups in total. The van der Waals surface area contributed by atoms with Crippen molar-refractivity contribution in [2.24, 2.45) is 0 Å². The second-order valence-electron chi connectivity index (χ2n) is 8.07. The van der Waals surface area contributed by atoms with Crippen molar-refractivity contribution in [1.82, 2.24) is 0 Å². The summed E-state index contributed by atoms with van der Waals surface area (Å²) in [4.78, 5) is 0. The molecule has 1 fully saturated rings. The fourth-order valence-corrected chi connectivity index (χ4v) is 4.79. The maximum atomic E-state index is 2.47. The summed E-state index contributed by atoms with van der Waals surface area (Å²) in [6.07, 6.45) is 5.28. The lowest BCUT2D eigenvalue weighted by Crippen LogP contribution is -2.00. The summed E-state index contributed by atoms with van der Waals surface area (Å²) in [7, 11) is 0. The lowest BCUT2D eigenvalue weighted by atomic mass is 9.82. The third-order valence-corrected chi connectivity index (χ3v) is 6.22. The van der Waals surface area contributed by atoms with E-state index >= 15 is 0 Å². The van der Waals surface area contributed by atoms with E-state index in [0.29, 0.717) is 5.92 Å². The molecule has 0 aromatic heterocycles. The highest BCUT2D eigenvalue weighted by atomic mass is 14.3. The molecule has 0 amide bonds. The predicted molar refractivity (Wildman–Crippen MR) is 124 cm³/mol. The molecule has 1 aliphatic rings. The summed E-state index contributed by atoms with van der Waals surface area (Å²) in [6.45, 7) is 0. The van der Waals surface area contributed by atoms with E-state index in [4.69, 9.17) is 0 Å². The van der Waals surface area contributed by atoms with Gasteiger partial charge in [-0.3, -0.25) is 0 Å². The lowest BCUT2D eigenvalue weighted by Gasteiger charge is -2.22. The number of rotatable bonds is 4. The molecule has 0 bridgehead atoms. The molecule has 1 aliphatic carbocycles. The first-order valence-corrected chi connectivity index (χ1v) is 10.7. The highest BCUT2D eigenvalue weighted by Crippen LogP contribution is 2.45. The summed E-state index contributed by atoms with van der Waals surface area (Å²) in [6, 6.07) is 37.5. The molecule has 0 heterocycles. The Morgan fingerprint density at radius 2 is 1.00 bits per heavy atom. The van der Waals surface area contributed by atoms with Crippen molar-refractivity contribution in [2.45, 2.75) is 31.6 Å².